The quantitative estimate of drug-likeness (QED) is 0.438. The summed E-state index contributed by atoms with van der Waals surface area (Å²) in [4.78, 5) is 28.5. The first-order valence-corrected chi connectivity index (χ1v) is 10.3. The van der Waals surface area contributed by atoms with E-state index in [0.717, 1.165) is 10.4 Å². The van der Waals surface area contributed by atoms with Crippen molar-refractivity contribution in [1.29, 1.82) is 0 Å². The van der Waals surface area contributed by atoms with Crippen molar-refractivity contribution >= 4 is 28.8 Å². The summed E-state index contributed by atoms with van der Waals surface area (Å²) in [5.41, 5.74) is 1.90. The van der Waals surface area contributed by atoms with E-state index in [2.05, 4.69) is 5.32 Å². The monoisotopic (exact) mass is 420 g/mol. The van der Waals surface area contributed by atoms with E-state index in [-0.39, 0.29) is 17.6 Å². The lowest BCUT2D eigenvalue weighted by atomic mass is 10.1. The topological polar surface area (TPSA) is 75.7 Å². The second-order valence-electron chi connectivity index (χ2n) is 6.78. The normalized spacial score (nSPS) is 10.7. The van der Waals surface area contributed by atoms with Crippen molar-refractivity contribution in [2.75, 3.05) is 5.32 Å². The molecule has 0 saturated heterocycles. The summed E-state index contributed by atoms with van der Waals surface area (Å²) in [6.07, 6.45) is 3.04. The minimum absolute atomic E-state index is 0.145. The molecule has 0 unspecified atom stereocenters. The Morgan fingerprint density at radius 3 is 2.53 bits per heavy atom. The van der Waals surface area contributed by atoms with Gasteiger partial charge < -0.3 is 19.1 Å². The van der Waals surface area contributed by atoms with Gasteiger partial charge >= 0.3 is 0 Å². The second-order valence-corrected chi connectivity index (χ2v) is 7.81. The number of thiophene rings is 1. The first-order chi connectivity index (χ1) is 14.6. The lowest BCUT2D eigenvalue weighted by molar-refractivity contribution is 0.0719. The van der Waals surface area contributed by atoms with Gasteiger partial charge in [-0.15, -0.1) is 11.3 Å². The standard InChI is InChI=1S/C23H20N2O4S/c1-16-8-9-17(13-20(16)24-22(26)21-7-3-11-29-21)23(27)25(14-18-5-2-10-28-18)15-19-6-4-12-30-19/h2-13H,14-15H2,1H3,(H,24,26). The molecule has 0 atom stereocenters. The van der Waals surface area contributed by atoms with Crippen LogP contribution in [0.15, 0.2) is 81.3 Å². The van der Waals surface area contributed by atoms with Gasteiger partial charge in [0, 0.05) is 16.1 Å². The van der Waals surface area contributed by atoms with E-state index >= 15 is 0 Å². The minimum atomic E-state index is -0.362. The van der Waals surface area contributed by atoms with E-state index in [1.165, 1.54) is 6.26 Å². The Bertz CT molecular complexity index is 1080. The molecule has 0 aliphatic carbocycles. The minimum Gasteiger partial charge on any atom is -0.467 e. The molecular weight excluding hydrogens is 400 g/mol. The maximum atomic E-state index is 13.3. The number of rotatable bonds is 7. The Kier molecular flexibility index (Phi) is 5.81. The molecular formula is C23H20N2O4S. The van der Waals surface area contributed by atoms with Crippen molar-refractivity contribution < 1.29 is 18.4 Å². The predicted octanol–water partition coefficient (Wildman–Crippen LogP) is 5.34. The van der Waals surface area contributed by atoms with Crippen LogP contribution >= 0.6 is 11.3 Å². The van der Waals surface area contributed by atoms with Crippen LogP contribution in [0.2, 0.25) is 0 Å². The van der Waals surface area contributed by atoms with Crippen LogP contribution in [0.1, 0.15) is 37.1 Å². The molecule has 2 amide bonds. The number of hydrogen-bond acceptors (Lipinski definition) is 5. The van der Waals surface area contributed by atoms with Crippen LogP contribution in [0.3, 0.4) is 0 Å². The first-order valence-electron chi connectivity index (χ1n) is 9.39. The number of furan rings is 2. The molecule has 0 spiro atoms. The molecule has 1 N–H and O–H groups in total. The average molecular weight is 420 g/mol. The number of nitrogens with one attached hydrogen (secondary N) is 1. The van der Waals surface area contributed by atoms with Crippen molar-refractivity contribution in [3.05, 3.63) is 100 Å². The van der Waals surface area contributed by atoms with E-state index in [9.17, 15) is 9.59 Å². The summed E-state index contributed by atoms with van der Waals surface area (Å²) in [6, 6.07) is 16.1. The van der Waals surface area contributed by atoms with Gasteiger partial charge in [-0.2, -0.15) is 0 Å². The largest absolute Gasteiger partial charge is 0.467 e. The summed E-state index contributed by atoms with van der Waals surface area (Å²) in [7, 11) is 0. The molecule has 30 heavy (non-hydrogen) atoms. The second kappa shape index (κ2) is 8.84. The molecule has 0 fully saturated rings. The van der Waals surface area contributed by atoms with E-state index in [0.29, 0.717) is 30.1 Å². The average Bonchev–Trinajstić information content (AvgIpc) is 3.52. The Morgan fingerprint density at radius 1 is 1.00 bits per heavy atom. The Hall–Kier alpha value is -3.58. The molecule has 3 aromatic heterocycles. The summed E-state index contributed by atoms with van der Waals surface area (Å²) in [6.45, 7) is 2.70. The van der Waals surface area contributed by atoms with Crippen molar-refractivity contribution in [3.8, 4) is 0 Å². The highest BCUT2D eigenvalue weighted by Gasteiger charge is 2.20. The third-order valence-electron chi connectivity index (χ3n) is 4.62. The highest BCUT2D eigenvalue weighted by atomic mass is 32.1. The number of carbonyl (C=O) groups excluding carboxylic acids is 2. The van der Waals surface area contributed by atoms with Crippen LogP contribution in [0.25, 0.3) is 0 Å². The van der Waals surface area contributed by atoms with E-state index < -0.39 is 0 Å². The molecule has 0 saturated carbocycles. The summed E-state index contributed by atoms with van der Waals surface area (Å²) in [5.74, 6) is 0.411. The molecule has 152 valence electrons. The number of amides is 2. The lowest BCUT2D eigenvalue weighted by Gasteiger charge is -2.22. The molecule has 0 bridgehead atoms. The molecule has 4 aromatic rings. The highest BCUT2D eigenvalue weighted by Crippen LogP contribution is 2.22. The van der Waals surface area contributed by atoms with Crippen molar-refractivity contribution in [1.82, 2.24) is 4.90 Å². The van der Waals surface area contributed by atoms with E-state index in [4.69, 9.17) is 8.83 Å². The van der Waals surface area contributed by atoms with Crippen LogP contribution < -0.4 is 5.32 Å². The maximum Gasteiger partial charge on any atom is 0.291 e. The smallest absolute Gasteiger partial charge is 0.291 e. The van der Waals surface area contributed by atoms with Crippen molar-refractivity contribution in [3.63, 3.8) is 0 Å². The zero-order valence-electron chi connectivity index (χ0n) is 16.3. The zero-order valence-corrected chi connectivity index (χ0v) is 17.1. The molecule has 3 heterocycles. The fourth-order valence-corrected chi connectivity index (χ4v) is 3.76. The Labute approximate surface area is 177 Å². The fraction of sp³-hybridized carbons (Fsp3) is 0.130. The molecule has 0 aliphatic heterocycles. The number of benzene rings is 1. The molecule has 0 radical (unpaired) electrons. The van der Waals surface area contributed by atoms with Gasteiger partial charge in [0.25, 0.3) is 11.8 Å². The van der Waals surface area contributed by atoms with E-state index in [1.807, 2.05) is 36.6 Å². The van der Waals surface area contributed by atoms with Crippen LogP contribution in [0.4, 0.5) is 5.69 Å². The predicted molar refractivity (Wildman–Crippen MR) is 114 cm³/mol. The van der Waals surface area contributed by atoms with Crippen molar-refractivity contribution in [2.45, 2.75) is 20.0 Å². The number of carbonyl (C=O) groups is 2. The summed E-state index contributed by atoms with van der Waals surface area (Å²) in [5, 5.41) is 4.80. The number of hydrogen-bond donors (Lipinski definition) is 1. The maximum absolute atomic E-state index is 13.3. The molecule has 1 aromatic carbocycles. The molecule has 6 nitrogen and oxygen atoms in total. The fourth-order valence-electron chi connectivity index (χ4n) is 3.04. The number of anilines is 1. The van der Waals surface area contributed by atoms with Gasteiger partial charge in [0.1, 0.15) is 5.76 Å². The van der Waals surface area contributed by atoms with Gasteiger partial charge in [0.05, 0.1) is 25.6 Å². The molecule has 0 aliphatic rings. The van der Waals surface area contributed by atoms with Crippen molar-refractivity contribution in [2.24, 2.45) is 0 Å². The van der Waals surface area contributed by atoms with E-state index in [1.54, 1.807) is 52.8 Å². The van der Waals surface area contributed by atoms with Gasteiger partial charge in [-0.25, -0.2) is 0 Å². The summed E-state index contributed by atoms with van der Waals surface area (Å²) < 4.78 is 10.6. The third-order valence-corrected chi connectivity index (χ3v) is 5.48. The van der Waals surface area contributed by atoms with Crippen LogP contribution in [0, 0.1) is 6.92 Å². The number of nitrogens with zero attached hydrogens (tertiary/aromatic N) is 1. The first kappa shape index (κ1) is 19.7. The van der Waals surface area contributed by atoms with Crippen LogP contribution in [-0.2, 0) is 13.1 Å². The lowest BCUT2D eigenvalue weighted by Crippen LogP contribution is -2.29. The highest BCUT2D eigenvalue weighted by molar-refractivity contribution is 7.09. The summed E-state index contributed by atoms with van der Waals surface area (Å²) >= 11 is 1.60. The van der Waals surface area contributed by atoms with Crippen LogP contribution in [0.5, 0.6) is 0 Å². The Morgan fingerprint density at radius 2 is 1.83 bits per heavy atom. The van der Waals surface area contributed by atoms with Gasteiger partial charge in [-0.1, -0.05) is 12.1 Å². The Balaban J connectivity index is 1.58. The zero-order chi connectivity index (χ0) is 20.9. The van der Waals surface area contributed by atoms with Gasteiger partial charge in [-0.3, -0.25) is 9.59 Å². The number of aryl methyl sites for hydroxylation is 1. The molecule has 7 heteroatoms. The van der Waals surface area contributed by atoms with Gasteiger partial charge in [0.15, 0.2) is 5.76 Å². The van der Waals surface area contributed by atoms with Gasteiger partial charge in [0.2, 0.25) is 0 Å². The van der Waals surface area contributed by atoms with Gasteiger partial charge in [-0.05, 0) is 60.3 Å². The SMILES string of the molecule is Cc1ccc(C(=O)N(Cc2ccco2)Cc2cccs2)cc1NC(=O)c1ccco1. The molecule has 4 rings (SSSR count). The third kappa shape index (κ3) is 4.52. The van der Waals surface area contributed by atoms with Crippen LogP contribution in [-0.4, -0.2) is 16.7 Å².